The smallest absolute Gasteiger partial charge is 0.305 e. The van der Waals surface area contributed by atoms with Gasteiger partial charge in [0.15, 0.2) is 9.84 Å². The summed E-state index contributed by atoms with van der Waals surface area (Å²) < 4.78 is 24.6. The monoisotopic (exact) mass is 483 g/mol. The molecule has 2 N–H and O–H groups in total. The minimum atomic E-state index is -3.55. The molecule has 172 valence electrons. The van der Waals surface area contributed by atoms with Crippen LogP contribution >= 0.6 is 11.3 Å². The van der Waals surface area contributed by atoms with Crippen LogP contribution in [0.3, 0.4) is 0 Å². The predicted octanol–water partition coefficient (Wildman–Crippen LogP) is 5.31. The summed E-state index contributed by atoms with van der Waals surface area (Å²) in [5.74, 6) is -1.18. The van der Waals surface area contributed by atoms with Crippen LogP contribution in [0.1, 0.15) is 37.5 Å². The van der Waals surface area contributed by atoms with Gasteiger partial charge in [0.2, 0.25) is 5.91 Å². The molecule has 3 aromatic rings. The van der Waals surface area contributed by atoms with Crippen LogP contribution in [-0.4, -0.2) is 31.2 Å². The van der Waals surface area contributed by atoms with Crippen LogP contribution in [0.2, 0.25) is 0 Å². The molecule has 0 bridgehead atoms. The topological polar surface area (TPSA) is 101 Å². The van der Waals surface area contributed by atoms with Crippen LogP contribution in [0.4, 0.5) is 5.69 Å². The first-order chi connectivity index (χ1) is 15.7. The molecule has 1 saturated heterocycles. The molecule has 6 nitrogen and oxygen atoms in total. The maximum Gasteiger partial charge on any atom is 0.305 e. The first kappa shape index (κ1) is 23.2. The third-order valence-corrected chi connectivity index (χ3v) is 10.1. The number of nitrogens with one attached hydrogen (secondary N) is 1. The van der Waals surface area contributed by atoms with Crippen LogP contribution in [0.5, 0.6) is 0 Å². The molecule has 2 aromatic carbocycles. The zero-order chi connectivity index (χ0) is 23.6. The third-order valence-electron chi connectivity index (χ3n) is 6.04. The average Bonchev–Trinajstić information content (AvgIpc) is 3.26. The van der Waals surface area contributed by atoms with Crippen LogP contribution in [-0.2, 0) is 24.2 Å². The van der Waals surface area contributed by atoms with Gasteiger partial charge in [-0.1, -0.05) is 42.8 Å². The Labute approximate surface area is 197 Å². The van der Waals surface area contributed by atoms with Crippen LogP contribution < -0.4 is 5.32 Å². The molecule has 1 aliphatic rings. The maximum absolute atomic E-state index is 13.0. The fourth-order valence-electron chi connectivity index (χ4n) is 4.37. The predicted molar refractivity (Wildman–Crippen MR) is 131 cm³/mol. The minimum absolute atomic E-state index is 0.0307. The molecule has 1 fully saturated rings. The second-order valence-corrected chi connectivity index (χ2v) is 11.8. The van der Waals surface area contributed by atoms with E-state index in [9.17, 15) is 23.1 Å². The molecule has 0 saturated carbocycles. The second kappa shape index (κ2) is 9.11. The first-order valence-corrected chi connectivity index (χ1v) is 13.2. The Morgan fingerprint density at radius 2 is 1.55 bits per heavy atom. The zero-order valence-corrected chi connectivity index (χ0v) is 19.8. The number of carbonyl (C=O) groups excluding carboxylic acids is 1. The second-order valence-electron chi connectivity index (χ2n) is 8.34. The number of hydrogen-bond acceptors (Lipinski definition) is 5. The van der Waals surface area contributed by atoms with E-state index in [1.165, 1.54) is 18.3 Å². The number of thiophene rings is 1. The van der Waals surface area contributed by atoms with Crippen molar-refractivity contribution < 1.29 is 23.1 Å². The molecule has 2 heterocycles. The largest absolute Gasteiger partial charge is 0.481 e. The number of carboxylic acid groups (broad SMARTS) is 1. The Morgan fingerprint density at radius 3 is 2.12 bits per heavy atom. The van der Waals surface area contributed by atoms with Gasteiger partial charge in [-0.3, -0.25) is 9.59 Å². The molecule has 33 heavy (non-hydrogen) atoms. The number of benzene rings is 2. The molecular formula is C25H25NO5S2. The van der Waals surface area contributed by atoms with Crippen molar-refractivity contribution in [1.82, 2.24) is 0 Å². The molecule has 1 aromatic heterocycles. The number of anilines is 1. The van der Waals surface area contributed by atoms with Crippen molar-refractivity contribution in [2.45, 2.75) is 37.4 Å². The number of sulfone groups is 1. The lowest BCUT2D eigenvalue weighted by Crippen LogP contribution is -2.41. The SMILES string of the molecule is CC(=O)Nc1ccc(-c2ccc(-c3ccc([C@@]4(CC(=O)O)CCCCS4(=O)=O)s3)cc2)cc1. The molecule has 1 aliphatic heterocycles. The van der Waals surface area contributed by atoms with Crippen molar-refractivity contribution in [2.24, 2.45) is 0 Å². The fraction of sp³-hybridized carbons (Fsp3) is 0.280. The van der Waals surface area contributed by atoms with Crippen molar-refractivity contribution >= 4 is 38.7 Å². The average molecular weight is 484 g/mol. The van der Waals surface area contributed by atoms with Gasteiger partial charge in [0.1, 0.15) is 4.75 Å². The number of aliphatic carboxylic acids is 1. The first-order valence-electron chi connectivity index (χ1n) is 10.7. The maximum atomic E-state index is 13.0. The Kier molecular flexibility index (Phi) is 6.41. The Balaban J connectivity index is 1.61. The molecular weight excluding hydrogens is 458 g/mol. The minimum Gasteiger partial charge on any atom is -0.481 e. The quantitative estimate of drug-likeness (QED) is 0.495. The van der Waals surface area contributed by atoms with Crippen molar-refractivity contribution in [3.05, 3.63) is 65.5 Å². The number of rotatable bonds is 6. The highest BCUT2D eigenvalue weighted by Gasteiger charge is 2.49. The summed E-state index contributed by atoms with van der Waals surface area (Å²) in [5.41, 5.74) is 3.71. The lowest BCUT2D eigenvalue weighted by Gasteiger charge is -2.34. The van der Waals surface area contributed by atoms with Crippen molar-refractivity contribution in [2.75, 3.05) is 11.1 Å². The van der Waals surface area contributed by atoms with Gasteiger partial charge in [-0.15, -0.1) is 11.3 Å². The van der Waals surface area contributed by atoms with E-state index in [1.807, 2.05) is 54.6 Å². The van der Waals surface area contributed by atoms with Crippen molar-refractivity contribution in [1.29, 1.82) is 0 Å². The standard InChI is InChI=1S/C25H25NO5S2/c1-17(27)26-21-10-8-19(9-11-21)18-4-6-20(7-5-18)22-12-13-23(32-22)25(16-24(28)29)14-2-3-15-33(25,30)31/h4-13H,2-3,14-16H2,1H3,(H,26,27)(H,28,29)/t25-/m0/s1. The Morgan fingerprint density at radius 1 is 0.939 bits per heavy atom. The molecule has 4 rings (SSSR count). The van der Waals surface area contributed by atoms with Gasteiger partial charge in [0, 0.05) is 22.4 Å². The summed E-state index contributed by atoms with van der Waals surface area (Å²) in [7, 11) is -3.55. The number of carboxylic acids is 1. The molecule has 1 atom stereocenters. The van der Waals surface area contributed by atoms with E-state index in [0.29, 0.717) is 24.1 Å². The van der Waals surface area contributed by atoms with Gasteiger partial charge in [-0.05, 0) is 53.8 Å². The lowest BCUT2D eigenvalue weighted by molar-refractivity contribution is -0.137. The molecule has 0 spiro atoms. The Hall–Kier alpha value is -2.97. The highest BCUT2D eigenvalue weighted by Crippen LogP contribution is 2.47. The van der Waals surface area contributed by atoms with E-state index >= 15 is 0 Å². The van der Waals surface area contributed by atoms with Crippen molar-refractivity contribution in [3.63, 3.8) is 0 Å². The van der Waals surface area contributed by atoms with Gasteiger partial charge >= 0.3 is 5.97 Å². The molecule has 0 unspecified atom stereocenters. The summed E-state index contributed by atoms with van der Waals surface area (Å²) in [4.78, 5) is 24.3. The normalized spacial score (nSPS) is 19.7. The Bertz CT molecular complexity index is 1280. The number of amides is 1. The van der Waals surface area contributed by atoms with Crippen LogP contribution in [0.15, 0.2) is 60.7 Å². The highest BCUT2D eigenvalue weighted by molar-refractivity contribution is 7.92. The summed E-state index contributed by atoms with van der Waals surface area (Å²) in [6, 6.07) is 19.2. The van der Waals surface area contributed by atoms with E-state index in [1.54, 1.807) is 6.07 Å². The van der Waals surface area contributed by atoms with Gasteiger partial charge in [0.25, 0.3) is 0 Å². The number of hydrogen-bond donors (Lipinski definition) is 2. The lowest BCUT2D eigenvalue weighted by atomic mass is 9.95. The zero-order valence-electron chi connectivity index (χ0n) is 18.2. The van der Waals surface area contributed by atoms with Crippen LogP contribution in [0, 0.1) is 0 Å². The van der Waals surface area contributed by atoms with Gasteiger partial charge in [-0.2, -0.15) is 0 Å². The van der Waals surface area contributed by atoms with Gasteiger partial charge < -0.3 is 10.4 Å². The van der Waals surface area contributed by atoms with E-state index in [-0.39, 0.29) is 11.7 Å². The van der Waals surface area contributed by atoms with E-state index in [0.717, 1.165) is 27.3 Å². The summed E-state index contributed by atoms with van der Waals surface area (Å²) >= 11 is 1.36. The summed E-state index contributed by atoms with van der Waals surface area (Å²) in [5, 5.41) is 12.2. The van der Waals surface area contributed by atoms with Crippen molar-refractivity contribution in [3.8, 4) is 21.6 Å². The fourth-order valence-corrected chi connectivity index (χ4v) is 8.15. The third kappa shape index (κ3) is 4.72. The van der Waals surface area contributed by atoms with E-state index in [2.05, 4.69) is 5.32 Å². The molecule has 0 radical (unpaired) electrons. The van der Waals surface area contributed by atoms with Crippen LogP contribution in [0.25, 0.3) is 21.6 Å². The molecule has 1 amide bonds. The number of carbonyl (C=O) groups is 2. The summed E-state index contributed by atoms with van der Waals surface area (Å²) in [6.45, 7) is 1.47. The molecule has 0 aliphatic carbocycles. The van der Waals surface area contributed by atoms with E-state index < -0.39 is 27.0 Å². The van der Waals surface area contributed by atoms with E-state index in [4.69, 9.17) is 0 Å². The van der Waals surface area contributed by atoms with Gasteiger partial charge in [-0.25, -0.2) is 8.42 Å². The van der Waals surface area contributed by atoms with Gasteiger partial charge in [0.05, 0.1) is 12.2 Å². The molecule has 8 heteroatoms. The summed E-state index contributed by atoms with van der Waals surface area (Å²) in [6.07, 6.45) is 1.22. The highest BCUT2D eigenvalue weighted by atomic mass is 32.2.